The van der Waals surface area contributed by atoms with Crippen LogP contribution in [0.1, 0.15) is 48.9 Å². The summed E-state index contributed by atoms with van der Waals surface area (Å²) in [7, 11) is 1.56. The van der Waals surface area contributed by atoms with Crippen LogP contribution >= 0.6 is 0 Å². The molecule has 1 atom stereocenters. The fraction of sp³-hybridized carbons (Fsp3) is 0.571. The largest absolute Gasteiger partial charge is 0.497 e. The summed E-state index contributed by atoms with van der Waals surface area (Å²) in [5.41, 5.74) is 0.481. The maximum absolute atomic E-state index is 13.3. The van der Waals surface area contributed by atoms with Crippen LogP contribution < -0.4 is 4.74 Å². The maximum atomic E-state index is 13.3. The molecule has 0 spiro atoms. The quantitative estimate of drug-likeness (QED) is 0.409. The van der Waals surface area contributed by atoms with Crippen LogP contribution in [-0.4, -0.2) is 65.3 Å². The molecule has 158 valence electrons. The van der Waals surface area contributed by atoms with E-state index in [0.717, 1.165) is 25.7 Å². The summed E-state index contributed by atoms with van der Waals surface area (Å²) >= 11 is 0. The van der Waals surface area contributed by atoms with Gasteiger partial charge >= 0.3 is 0 Å². The Morgan fingerprint density at radius 1 is 1.17 bits per heavy atom. The molecule has 1 saturated carbocycles. The van der Waals surface area contributed by atoms with E-state index < -0.39 is 5.92 Å². The second-order valence-electron chi connectivity index (χ2n) is 7.78. The van der Waals surface area contributed by atoms with Crippen LogP contribution in [0.5, 0.6) is 5.75 Å². The first-order valence-corrected chi connectivity index (χ1v) is 10.2. The molecule has 0 bridgehead atoms. The van der Waals surface area contributed by atoms with Crippen molar-refractivity contribution < 1.29 is 24.3 Å². The summed E-state index contributed by atoms with van der Waals surface area (Å²) in [6.45, 7) is 0.859. The number of hydrogen-bond acceptors (Lipinski definition) is 5. The van der Waals surface area contributed by atoms with E-state index in [1.165, 1.54) is 10.0 Å². The highest BCUT2D eigenvalue weighted by Gasteiger charge is 2.37. The monoisotopic (exact) mass is 403 g/mol. The number of amides is 3. The van der Waals surface area contributed by atoms with Crippen LogP contribution in [0, 0.1) is 11.8 Å². The Bertz CT molecular complexity index is 718. The van der Waals surface area contributed by atoms with Gasteiger partial charge in [0.2, 0.25) is 12.3 Å². The lowest BCUT2D eigenvalue weighted by atomic mass is 9.92. The van der Waals surface area contributed by atoms with Gasteiger partial charge in [0.05, 0.1) is 19.6 Å². The van der Waals surface area contributed by atoms with Gasteiger partial charge in [0.1, 0.15) is 5.75 Å². The molecule has 1 aromatic carbocycles. The molecular formula is C21H29N3O5. The number of hydrogen-bond donors (Lipinski definition) is 1. The van der Waals surface area contributed by atoms with Gasteiger partial charge in [0, 0.05) is 18.7 Å². The number of methoxy groups -OCH3 is 1. The van der Waals surface area contributed by atoms with Crippen LogP contribution in [0.4, 0.5) is 0 Å². The minimum absolute atomic E-state index is 0.0557. The predicted molar refractivity (Wildman–Crippen MR) is 105 cm³/mol. The summed E-state index contributed by atoms with van der Waals surface area (Å²) in [5.74, 6) is 0.0888. The third-order valence-electron chi connectivity index (χ3n) is 5.83. The van der Waals surface area contributed by atoms with E-state index >= 15 is 0 Å². The van der Waals surface area contributed by atoms with Crippen molar-refractivity contribution in [2.45, 2.75) is 38.5 Å². The van der Waals surface area contributed by atoms with Gasteiger partial charge in [-0.05, 0) is 43.0 Å². The average Bonchev–Trinajstić information content (AvgIpc) is 3.44. The van der Waals surface area contributed by atoms with Crippen LogP contribution in [0.3, 0.4) is 0 Å². The van der Waals surface area contributed by atoms with Crippen molar-refractivity contribution in [1.82, 2.24) is 15.1 Å². The van der Waals surface area contributed by atoms with Gasteiger partial charge in [0.15, 0.2) is 0 Å². The predicted octanol–water partition coefficient (Wildman–Crippen LogP) is 2.33. The zero-order chi connectivity index (χ0) is 20.8. The Labute approximate surface area is 170 Å². The molecule has 1 aliphatic carbocycles. The fourth-order valence-corrected chi connectivity index (χ4v) is 4.32. The molecule has 1 aliphatic heterocycles. The highest BCUT2D eigenvalue weighted by molar-refractivity contribution is 5.96. The summed E-state index contributed by atoms with van der Waals surface area (Å²) in [6, 6.07) is 6.79. The lowest BCUT2D eigenvalue weighted by molar-refractivity contribution is -0.160. The van der Waals surface area contributed by atoms with Crippen molar-refractivity contribution >= 4 is 18.2 Å². The summed E-state index contributed by atoms with van der Waals surface area (Å²) in [6.07, 6.45) is 6.04. The Morgan fingerprint density at radius 3 is 2.45 bits per heavy atom. The Kier molecular flexibility index (Phi) is 7.09. The molecule has 0 radical (unpaired) electrons. The van der Waals surface area contributed by atoms with Crippen molar-refractivity contribution in [1.29, 1.82) is 0 Å². The molecule has 1 unspecified atom stereocenters. The number of nitrogens with zero attached hydrogens (tertiary/aromatic N) is 3. The van der Waals surface area contributed by atoms with E-state index in [-0.39, 0.29) is 18.4 Å². The fourth-order valence-electron chi connectivity index (χ4n) is 4.32. The van der Waals surface area contributed by atoms with Crippen molar-refractivity contribution in [3.05, 3.63) is 29.8 Å². The molecule has 3 amide bonds. The second-order valence-corrected chi connectivity index (χ2v) is 7.78. The first kappa shape index (κ1) is 21.1. The average molecular weight is 403 g/mol. The molecule has 1 aromatic rings. The molecule has 1 N–H and O–H groups in total. The first-order valence-electron chi connectivity index (χ1n) is 10.2. The van der Waals surface area contributed by atoms with Gasteiger partial charge in [-0.3, -0.25) is 24.6 Å². The molecule has 1 saturated heterocycles. The molecule has 29 heavy (non-hydrogen) atoms. The molecular weight excluding hydrogens is 374 g/mol. The first-order chi connectivity index (χ1) is 14.0. The highest BCUT2D eigenvalue weighted by Crippen LogP contribution is 2.32. The van der Waals surface area contributed by atoms with Crippen LogP contribution in [-0.2, 0) is 9.59 Å². The maximum Gasteiger partial charge on any atom is 0.272 e. The Hall–Kier alpha value is -2.61. The number of rotatable bonds is 8. The summed E-state index contributed by atoms with van der Waals surface area (Å²) < 4.78 is 5.13. The smallest absolute Gasteiger partial charge is 0.272 e. The molecule has 8 heteroatoms. The standard InChI is InChI=1S/C21H29N3O5/c1-29-19-9-7-17(8-10-19)20(26)23-11-4-12-24(23)21(27)18(14-22(28)15-25)13-16-5-2-3-6-16/h7-10,15-16,18,28H,2-6,11-14H2,1H3. The zero-order valence-electron chi connectivity index (χ0n) is 16.8. The van der Waals surface area contributed by atoms with Crippen LogP contribution in [0.2, 0.25) is 0 Å². The lowest BCUT2D eigenvalue weighted by Gasteiger charge is -2.32. The zero-order valence-corrected chi connectivity index (χ0v) is 16.8. The molecule has 3 rings (SSSR count). The Morgan fingerprint density at radius 2 is 1.83 bits per heavy atom. The van der Waals surface area contributed by atoms with Crippen LogP contribution in [0.15, 0.2) is 24.3 Å². The van der Waals surface area contributed by atoms with E-state index in [2.05, 4.69) is 0 Å². The molecule has 8 nitrogen and oxygen atoms in total. The van der Waals surface area contributed by atoms with Gasteiger partial charge < -0.3 is 4.74 Å². The highest BCUT2D eigenvalue weighted by atomic mass is 16.5. The van der Waals surface area contributed by atoms with Gasteiger partial charge in [-0.1, -0.05) is 25.7 Å². The number of carbonyl (C=O) groups is 3. The Balaban J connectivity index is 1.74. The topological polar surface area (TPSA) is 90.4 Å². The van der Waals surface area contributed by atoms with Gasteiger partial charge in [-0.2, -0.15) is 0 Å². The molecule has 0 aromatic heterocycles. The summed E-state index contributed by atoms with van der Waals surface area (Å²) in [4.78, 5) is 37.2. The number of hydrazine groups is 1. The molecule has 1 heterocycles. The van der Waals surface area contributed by atoms with Crippen molar-refractivity contribution in [2.24, 2.45) is 11.8 Å². The third kappa shape index (κ3) is 5.06. The van der Waals surface area contributed by atoms with Gasteiger partial charge in [0.25, 0.3) is 5.91 Å². The number of hydroxylamine groups is 2. The lowest BCUT2D eigenvalue weighted by Crippen LogP contribution is -2.49. The second kappa shape index (κ2) is 9.73. The summed E-state index contributed by atoms with van der Waals surface area (Å²) in [5, 5.41) is 13.2. The van der Waals surface area contributed by atoms with E-state index in [0.29, 0.717) is 54.6 Å². The molecule has 2 aliphatic rings. The normalized spacial score (nSPS) is 18.0. The van der Waals surface area contributed by atoms with Crippen LogP contribution in [0.25, 0.3) is 0 Å². The third-order valence-corrected chi connectivity index (χ3v) is 5.83. The minimum Gasteiger partial charge on any atom is -0.497 e. The number of ether oxygens (including phenoxy) is 1. The SMILES string of the molecule is COc1ccc(C(=O)N2CCCN2C(=O)C(CC2CCCC2)CN(O)C=O)cc1. The number of carbonyl (C=O) groups excluding carboxylic acids is 3. The van der Waals surface area contributed by atoms with Crippen molar-refractivity contribution in [3.63, 3.8) is 0 Å². The van der Waals surface area contributed by atoms with E-state index in [9.17, 15) is 19.6 Å². The number of benzene rings is 1. The van der Waals surface area contributed by atoms with E-state index in [1.54, 1.807) is 31.4 Å². The minimum atomic E-state index is -0.530. The van der Waals surface area contributed by atoms with Crippen molar-refractivity contribution in [2.75, 3.05) is 26.7 Å². The van der Waals surface area contributed by atoms with E-state index in [4.69, 9.17) is 4.74 Å². The van der Waals surface area contributed by atoms with E-state index in [1.807, 2.05) is 0 Å². The van der Waals surface area contributed by atoms with Crippen molar-refractivity contribution in [3.8, 4) is 5.75 Å². The molecule has 2 fully saturated rings. The van der Waals surface area contributed by atoms with Gasteiger partial charge in [-0.25, -0.2) is 10.1 Å². The van der Waals surface area contributed by atoms with Gasteiger partial charge in [-0.15, -0.1) is 0 Å².